The molecule has 0 aromatic heterocycles. The molecule has 0 fully saturated rings. The van der Waals surface area contributed by atoms with Crippen LogP contribution in [0, 0.1) is 0 Å². The van der Waals surface area contributed by atoms with Crippen LogP contribution in [0.15, 0.2) is 10.7 Å². The van der Waals surface area contributed by atoms with Crippen molar-refractivity contribution in [2.75, 3.05) is 0 Å². The van der Waals surface area contributed by atoms with Crippen LogP contribution in [0.2, 0.25) is 0 Å². The van der Waals surface area contributed by atoms with Crippen LogP contribution in [0.4, 0.5) is 0 Å². The van der Waals surface area contributed by atoms with Gasteiger partial charge >= 0.3 is 0 Å². The van der Waals surface area contributed by atoms with Gasteiger partial charge in [0.05, 0.1) is 4.48 Å². The quantitative estimate of drug-likeness (QED) is 0.463. The molecule has 6 heavy (non-hydrogen) atoms. The average molecular weight is 150 g/mol. The Balaban J connectivity index is 3.50. The molecule has 0 unspecified atom stereocenters. The minimum absolute atomic E-state index is 0.711. The fourth-order valence-corrected chi connectivity index (χ4v) is 0.0556. The van der Waals surface area contributed by atoms with E-state index in [0.29, 0.717) is 4.48 Å². The Kier molecular flexibility index (Phi) is 2.75. The lowest BCUT2D eigenvalue weighted by Gasteiger charge is -1.70. The van der Waals surface area contributed by atoms with E-state index >= 15 is 0 Å². The van der Waals surface area contributed by atoms with Gasteiger partial charge in [-0.3, -0.25) is 5.41 Å². The first kappa shape index (κ1) is 5.69. The molecule has 0 aliphatic carbocycles. The second-order valence-corrected chi connectivity index (χ2v) is 1.63. The summed E-state index contributed by atoms with van der Waals surface area (Å²) in [5.41, 5.74) is 4.96. The van der Waals surface area contributed by atoms with Crippen molar-refractivity contribution in [3.8, 4) is 0 Å². The largest absolute Gasteiger partial charge is 0.404 e. The summed E-state index contributed by atoms with van der Waals surface area (Å²) < 4.78 is 0.711. The number of rotatable bonds is 1. The highest BCUT2D eigenvalue weighted by Gasteiger charge is 1.77. The summed E-state index contributed by atoms with van der Waals surface area (Å²) in [6.45, 7) is 0. The standard InChI is InChI=1S/C3H5BrN2/c4-3(1-5)2-6/h1-2,5H,6H2/p+1. The topological polar surface area (TPSA) is 51.6 Å². The molecule has 0 atom stereocenters. The predicted molar refractivity (Wildman–Crippen MR) is 29.2 cm³/mol. The molecular weight excluding hydrogens is 144 g/mol. The Labute approximate surface area is 44.7 Å². The molecule has 0 amide bonds. The lowest BCUT2D eigenvalue weighted by molar-refractivity contribution is -0.104. The minimum Gasteiger partial charge on any atom is -0.404 e. The van der Waals surface area contributed by atoms with Crippen molar-refractivity contribution >= 4 is 22.1 Å². The molecule has 34 valence electrons. The van der Waals surface area contributed by atoms with E-state index in [9.17, 15) is 0 Å². The molecule has 0 spiro atoms. The molecule has 0 rings (SSSR count). The Morgan fingerprint density at radius 3 is 2.33 bits per heavy atom. The van der Waals surface area contributed by atoms with Crippen LogP contribution in [0.1, 0.15) is 0 Å². The minimum atomic E-state index is 0.711. The number of hydrogen-bond donors (Lipinski definition) is 2. The van der Waals surface area contributed by atoms with Gasteiger partial charge in [0, 0.05) is 6.20 Å². The predicted octanol–water partition coefficient (Wildman–Crippen LogP) is -0.989. The van der Waals surface area contributed by atoms with Crippen LogP contribution in [0.3, 0.4) is 0 Å². The monoisotopic (exact) mass is 149 g/mol. The molecule has 0 saturated carbocycles. The van der Waals surface area contributed by atoms with E-state index in [0.717, 1.165) is 0 Å². The molecule has 0 heterocycles. The Hall–Kier alpha value is -0.310. The van der Waals surface area contributed by atoms with E-state index in [2.05, 4.69) is 15.9 Å². The summed E-state index contributed by atoms with van der Waals surface area (Å²) in [6, 6.07) is 0. The Morgan fingerprint density at radius 1 is 1.83 bits per heavy atom. The van der Waals surface area contributed by atoms with Crippen molar-refractivity contribution in [1.29, 1.82) is 0 Å². The zero-order valence-electron chi connectivity index (χ0n) is 3.19. The van der Waals surface area contributed by atoms with E-state index in [1.165, 1.54) is 12.4 Å². The van der Waals surface area contributed by atoms with Gasteiger partial charge in [0.2, 0.25) is 0 Å². The summed E-state index contributed by atoms with van der Waals surface area (Å²) in [5, 5.41) is 4.96. The molecule has 2 nitrogen and oxygen atoms in total. The average Bonchev–Trinajstić information content (AvgIpc) is 1.65. The fourth-order valence-electron chi connectivity index (χ4n) is 0.0556. The number of allylic oxidation sites excluding steroid dienone is 1. The van der Waals surface area contributed by atoms with Gasteiger partial charge in [0.1, 0.15) is 0 Å². The second kappa shape index (κ2) is 2.90. The summed E-state index contributed by atoms with van der Waals surface area (Å²) in [4.78, 5) is 0. The first-order valence-electron chi connectivity index (χ1n) is 1.43. The summed E-state index contributed by atoms with van der Waals surface area (Å²) >= 11 is 3.03. The number of hydrogen-bond acceptors (Lipinski definition) is 1. The fraction of sp³-hybridized carbons (Fsp3) is 0. The highest BCUT2D eigenvalue weighted by Crippen LogP contribution is 1.92. The van der Waals surface area contributed by atoms with Gasteiger partial charge in [0.25, 0.3) is 0 Å². The normalized spacial score (nSPS) is 11.2. The van der Waals surface area contributed by atoms with Crippen molar-refractivity contribution in [3.63, 3.8) is 0 Å². The Bertz CT molecular complexity index is 76.9. The third-order valence-electron chi connectivity index (χ3n) is 0.318. The van der Waals surface area contributed by atoms with Gasteiger partial charge in [-0.05, 0) is 15.9 Å². The maximum atomic E-state index is 4.96. The molecule has 0 aliphatic rings. The number of halogens is 1. The molecule has 0 aromatic carbocycles. The van der Waals surface area contributed by atoms with Gasteiger partial charge in [-0.15, -0.1) is 0 Å². The molecular formula is C3H6BrN2+. The van der Waals surface area contributed by atoms with E-state index in [1.807, 2.05) is 0 Å². The summed E-state index contributed by atoms with van der Waals surface area (Å²) in [5.74, 6) is 0. The van der Waals surface area contributed by atoms with E-state index in [1.54, 1.807) is 0 Å². The molecule has 4 N–H and O–H groups in total. The molecule has 0 aromatic rings. The van der Waals surface area contributed by atoms with E-state index in [-0.39, 0.29) is 0 Å². The highest BCUT2D eigenvalue weighted by atomic mass is 79.9. The maximum Gasteiger partial charge on any atom is 0.175 e. The third kappa shape index (κ3) is 1.96. The Morgan fingerprint density at radius 2 is 2.33 bits per heavy atom. The molecule has 0 aliphatic heterocycles. The van der Waals surface area contributed by atoms with Crippen molar-refractivity contribution in [3.05, 3.63) is 10.7 Å². The van der Waals surface area contributed by atoms with Gasteiger partial charge in [-0.1, -0.05) is 0 Å². The van der Waals surface area contributed by atoms with Crippen LogP contribution >= 0.6 is 15.9 Å². The van der Waals surface area contributed by atoms with Gasteiger partial charge in [-0.2, -0.15) is 0 Å². The van der Waals surface area contributed by atoms with Crippen LogP contribution in [-0.4, -0.2) is 6.21 Å². The first-order chi connectivity index (χ1) is 2.81. The number of nitrogens with two attached hydrogens (primary N) is 2. The SMILES string of the molecule is NC=C(Br)C=[NH2+]. The summed E-state index contributed by atoms with van der Waals surface area (Å²) in [6.07, 6.45) is 2.75. The van der Waals surface area contributed by atoms with Crippen molar-refractivity contribution < 1.29 is 5.41 Å². The molecule has 0 saturated heterocycles. The maximum absolute atomic E-state index is 4.96. The third-order valence-corrected chi connectivity index (χ3v) is 0.847. The van der Waals surface area contributed by atoms with Crippen molar-refractivity contribution in [2.24, 2.45) is 5.73 Å². The molecule has 3 heteroatoms. The zero-order valence-corrected chi connectivity index (χ0v) is 4.77. The first-order valence-corrected chi connectivity index (χ1v) is 2.23. The molecule has 0 bridgehead atoms. The second-order valence-electron chi connectivity index (χ2n) is 0.718. The van der Waals surface area contributed by atoms with Crippen LogP contribution < -0.4 is 11.1 Å². The van der Waals surface area contributed by atoms with Gasteiger partial charge in [0.15, 0.2) is 6.21 Å². The van der Waals surface area contributed by atoms with E-state index < -0.39 is 0 Å². The van der Waals surface area contributed by atoms with Crippen LogP contribution in [0.25, 0.3) is 0 Å². The van der Waals surface area contributed by atoms with Crippen LogP contribution in [0.5, 0.6) is 0 Å². The van der Waals surface area contributed by atoms with Crippen molar-refractivity contribution in [1.82, 2.24) is 0 Å². The lowest BCUT2D eigenvalue weighted by atomic mass is 10.7. The van der Waals surface area contributed by atoms with Crippen molar-refractivity contribution in [2.45, 2.75) is 0 Å². The van der Waals surface area contributed by atoms with E-state index in [4.69, 9.17) is 11.1 Å². The lowest BCUT2D eigenvalue weighted by Crippen LogP contribution is -2.29. The van der Waals surface area contributed by atoms with Gasteiger partial charge < -0.3 is 5.73 Å². The smallest absolute Gasteiger partial charge is 0.175 e. The zero-order chi connectivity index (χ0) is 4.99. The molecule has 0 radical (unpaired) electrons. The highest BCUT2D eigenvalue weighted by molar-refractivity contribution is 9.12. The van der Waals surface area contributed by atoms with Gasteiger partial charge in [-0.25, -0.2) is 0 Å². The van der Waals surface area contributed by atoms with Crippen LogP contribution in [-0.2, 0) is 0 Å². The summed E-state index contributed by atoms with van der Waals surface area (Å²) in [7, 11) is 0.